The van der Waals surface area contributed by atoms with Crippen molar-refractivity contribution in [1.82, 2.24) is 4.98 Å². The maximum absolute atomic E-state index is 5.98. The van der Waals surface area contributed by atoms with E-state index in [0.29, 0.717) is 11.1 Å². The highest BCUT2D eigenvalue weighted by molar-refractivity contribution is 7.13. The second-order valence-electron chi connectivity index (χ2n) is 5.12. The number of aryl methyl sites for hydroxylation is 3. The molecule has 1 heterocycles. The summed E-state index contributed by atoms with van der Waals surface area (Å²) in [5.41, 5.74) is 9.97. The highest BCUT2D eigenvalue weighted by atomic mass is 32.1. The predicted molar refractivity (Wildman–Crippen MR) is 81.3 cm³/mol. The lowest BCUT2D eigenvalue weighted by atomic mass is 9.99. The van der Waals surface area contributed by atoms with Crippen molar-refractivity contribution < 1.29 is 4.74 Å². The lowest BCUT2D eigenvalue weighted by Crippen LogP contribution is -1.98. The Kier molecular flexibility index (Phi) is 3.80. The summed E-state index contributed by atoms with van der Waals surface area (Å²) in [6, 6.07) is 4.00. The molecule has 0 saturated heterocycles. The minimum absolute atomic E-state index is 0.361. The van der Waals surface area contributed by atoms with E-state index in [0.717, 1.165) is 28.3 Å². The zero-order valence-electron chi connectivity index (χ0n) is 12.1. The maximum atomic E-state index is 5.98. The van der Waals surface area contributed by atoms with Gasteiger partial charge in [-0.3, -0.25) is 0 Å². The van der Waals surface area contributed by atoms with Crippen LogP contribution in [0.4, 0.5) is 5.69 Å². The van der Waals surface area contributed by atoms with Gasteiger partial charge in [-0.1, -0.05) is 25.2 Å². The summed E-state index contributed by atoms with van der Waals surface area (Å²) in [6.07, 6.45) is 0. The van der Waals surface area contributed by atoms with Gasteiger partial charge in [0.05, 0.1) is 5.69 Å². The van der Waals surface area contributed by atoms with E-state index in [1.807, 2.05) is 26.0 Å². The van der Waals surface area contributed by atoms with Crippen LogP contribution in [0.15, 0.2) is 12.1 Å². The lowest BCUT2D eigenvalue weighted by molar-refractivity contribution is 0.468. The number of hydrogen-bond donors (Lipinski definition) is 1. The van der Waals surface area contributed by atoms with Gasteiger partial charge in [-0.05, 0) is 49.9 Å². The van der Waals surface area contributed by atoms with Crippen molar-refractivity contribution in [2.75, 3.05) is 5.73 Å². The number of benzene rings is 1. The number of anilines is 1. The molecule has 3 nitrogen and oxygen atoms in total. The number of hydrogen-bond acceptors (Lipinski definition) is 4. The molecule has 102 valence electrons. The number of thiazole rings is 1. The summed E-state index contributed by atoms with van der Waals surface area (Å²) < 4.78 is 5.96. The van der Waals surface area contributed by atoms with Crippen LogP contribution in [0.1, 0.15) is 41.5 Å². The van der Waals surface area contributed by atoms with E-state index in [2.05, 4.69) is 25.8 Å². The maximum Gasteiger partial charge on any atom is 0.279 e. The van der Waals surface area contributed by atoms with Crippen molar-refractivity contribution in [1.29, 1.82) is 0 Å². The molecule has 0 radical (unpaired) electrons. The van der Waals surface area contributed by atoms with Gasteiger partial charge < -0.3 is 10.5 Å². The molecule has 19 heavy (non-hydrogen) atoms. The first-order valence-electron chi connectivity index (χ1n) is 6.40. The van der Waals surface area contributed by atoms with E-state index in [1.54, 1.807) is 11.3 Å². The zero-order valence-corrected chi connectivity index (χ0v) is 12.9. The van der Waals surface area contributed by atoms with Crippen LogP contribution in [0.2, 0.25) is 0 Å². The van der Waals surface area contributed by atoms with Crippen LogP contribution in [-0.2, 0) is 0 Å². The molecule has 0 atom stereocenters. The minimum Gasteiger partial charge on any atom is -0.431 e. The highest BCUT2D eigenvalue weighted by Gasteiger charge is 2.13. The van der Waals surface area contributed by atoms with Crippen LogP contribution in [0, 0.1) is 20.8 Å². The first kappa shape index (κ1) is 13.9. The third-order valence-corrected chi connectivity index (χ3v) is 4.18. The Balaban J connectivity index is 2.41. The molecule has 0 aliphatic heterocycles. The molecule has 2 N–H and O–H groups in total. The van der Waals surface area contributed by atoms with Gasteiger partial charge in [0.1, 0.15) is 5.75 Å². The van der Waals surface area contributed by atoms with Crippen molar-refractivity contribution in [3.05, 3.63) is 33.8 Å². The Bertz CT molecular complexity index is 583. The van der Waals surface area contributed by atoms with Gasteiger partial charge in [-0.15, -0.1) is 0 Å². The van der Waals surface area contributed by atoms with Crippen molar-refractivity contribution in [2.24, 2.45) is 0 Å². The summed E-state index contributed by atoms with van der Waals surface area (Å²) >= 11 is 1.58. The largest absolute Gasteiger partial charge is 0.431 e. The molecule has 0 amide bonds. The summed E-state index contributed by atoms with van der Waals surface area (Å²) in [5.74, 6) is 1.22. The Hall–Kier alpha value is -1.55. The first-order chi connectivity index (χ1) is 8.88. The molecule has 0 saturated carbocycles. The van der Waals surface area contributed by atoms with E-state index in [-0.39, 0.29) is 0 Å². The van der Waals surface area contributed by atoms with Crippen LogP contribution in [0.5, 0.6) is 10.9 Å². The summed E-state index contributed by atoms with van der Waals surface area (Å²) in [5, 5.41) is 0.695. The van der Waals surface area contributed by atoms with E-state index in [1.165, 1.54) is 4.88 Å². The Morgan fingerprint density at radius 1 is 1.21 bits per heavy atom. The predicted octanol–water partition coefficient (Wildman–Crippen LogP) is 4.57. The van der Waals surface area contributed by atoms with Gasteiger partial charge in [0, 0.05) is 10.6 Å². The molecular formula is C15H20N2OS. The normalized spacial score (nSPS) is 11.1. The van der Waals surface area contributed by atoms with Crippen LogP contribution < -0.4 is 10.5 Å². The molecule has 1 aromatic heterocycles. The molecule has 4 heteroatoms. The minimum atomic E-state index is 0.361. The van der Waals surface area contributed by atoms with Gasteiger partial charge in [-0.25, -0.2) is 4.98 Å². The van der Waals surface area contributed by atoms with Gasteiger partial charge >= 0.3 is 0 Å². The lowest BCUT2D eigenvalue weighted by Gasteiger charge is -2.14. The van der Waals surface area contributed by atoms with Crippen molar-refractivity contribution >= 4 is 17.0 Å². The third kappa shape index (κ3) is 2.89. The smallest absolute Gasteiger partial charge is 0.279 e. The SMILES string of the molecule is Cc1cc(Oc2nc(C)c(C)s2)c(C(C)C)cc1N. The molecule has 0 aliphatic rings. The molecule has 0 fully saturated rings. The van der Waals surface area contributed by atoms with Gasteiger partial charge in [-0.2, -0.15) is 0 Å². The molecule has 0 spiro atoms. The van der Waals surface area contributed by atoms with Crippen LogP contribution >= 0.6 is 11.3 Å². The molecular weight excluding hydrogens is 256 g/mol. The highest BCUT2D eigenvalue weighted by Crippen LogP contribution is 2.36. The number of nitrogen functional groups attached to an aromatic ring is 1. The van der Waals surface area contributed by atoms with Crippen molar-refractivity contribution in [3.63, 3.8) is 0 Å². The summed E-state index contributed by atoms with van der Waals surface area (Å²) in [4.78, 5) is 5.61. The Labute approximate surface area is 118 Å². The van der Waals surface area contributed by atoms with E-state index in [9.17, 15) is 0 Å². The Morgan fingerprint density at radius 3 is 2.42 bits per heavy atom. The summed E-state index contributed by atoms with van der Waals surface area (Å²) in [6.45, 7) is 10.3. The number of ether oxygens (including phenoxy) is 1. The second-order valence-corrected chi connectivity index (χ2v) is 6.29. The fourth-order valence-corrected chi connectivity index (χ4v) is 2.61. The topological polar surface area (TPSA) is 48.1 Å². The quantitative estimate of drug-likeness (QED) is 0.836. The number of aromatic nitrogens is 1. The average Bonchev–Trinajstić information content (AvgIpc) is 2.62. The van der Waals surface area contributed by atoms with Crippen LogP contribution in [0.3, 0.4) is 0 Å². The molecule has 0 aliphatic carbocycles. The fraction of sp³-hybridized carbons (Fsp3) is 0.400. The van der Waals surface area contributed by atoms with Crippen LogP contribution in [-0.4, -0.2) is 4.98 Å². The van der Waals surface area contributed by atoms with Gasteiger partial charge in [0.2, 0.25) is 0 Å². The third-order valence-electron chi connectivity index (χ3n) is 3.23. The van der Waals surface area contributed by atoms with Gasteiger partial charge in [0.15, 0.2) is 0 Å². The van der Waals surface area contributed by atoms with Crippen LogP contribution in [0.25, 0.3) is 0 Å². The number of nitrogens with two attached hydrogens (primary N) is 1. The number of rotatable bonds is 3. The van der Waals surface area contributed by atoms with Crippen molar-refractivity contribution in [3.8, 4) is 10.9 Å². The van der Waals surface area contributed by atoms with Crippen molar-refractivity contribution in [2.45, 2.75) is 40.5 Å². The molecule has 1 aromatic carbocycles. The van der Waals surface area contributed by atoms with Gasteiger partial charge in [0.25, 0.3) is 5.19 Å². The van der Waals surface area contributed by atoms with E-state index >= 15 is 0 Å². The number of nitrogens with zero attached hydrogens (tertiary/aromatic N) is 1. The van der Waals surface area contributed by atoms with E-state index in [4.69, 9.17) is 10.5 Å². The molecule has 2 aromatic rings. The standard InChI is InChI=1S/C15H20N2OS/c1-8(2)12-7-13(16)9(3)6-14(12)18-15-17-10(4)11(5)19-15/h6-8H,16H2,1-5H3. The first-order valence-corrected chi connectivity index (χ1v) is 7.22. The average molecular weight is 276 g/mol. The monoisotopic (exact) mass is 276 g/mol. The second kappa shape index (κ2) is 5.21. The molecule has 0 bridgehead atoms. The zero-order chi connectivity index (χ0) is 14.2. The summed E-state index contributed by atoms with van der Waals surface area (Å²) in [7, 11) is 0. The Morgan fingerprint density at radius 2 is 1.89 bits per heavy atom. The molecule has 2 rings (SSSR count). The van der Waals surface area contributed by atoms with E-state index < -0.39 is 0 Å². The fourth-order valence-electron chi connectivity index (χ4n) is 1.84. The molecule has 0 unspecified atom stereocenters.